The molecule has 2 N–H and O–H groups in total. The SMILES string of the molecule is C[C@@H](O)c1ccccc1OCC(=O)Nc1cccc(Cl)c1. The van der Waals surface area contributed by atoms with Gasteiger partial charge in [-0.2, -0.15) is 0 Å². The lowest BCUT2D eigenvalue weighted by atomic mass is 10.1. The molecule has 0 bridgehead atoms. The topological polar surface area (TPSA) is 58.6 Å². The van der Waals surface area contributed by atoms with E-state index in [1.54, 1.807) is 55.5 Å². The van der Waals surface area contributed by atoms with Crippen molar-refractivity contribution in [3.05, 3.63) is 59.1 Å². The Morgan fingerprint density at radius 3 is 2.76 bits per heavy atom. The van der Waals surface area contributed by atoms with Crippen molar-refractivity contribution >= 4 is 23.2 Å². The van der Waals surface area contributed by atoms with Crippen molar-refractivity contribution in [3.63, 3.8) is 0 Å². The number of anilines is 1. The number of amides is 1. The van der Waals surface area contributed by atoms with Gasteiger partial charge in [-0.05, 0) is 31.2 Å². The molecule has 1 amide bonds. The van der Waals surface area contributed by atoms with Gasteiger partial charge in [0.25, 0.3) is 5.91 Å². The summed E-state index contributed by atoms with van der Waals surface area (Å²) in [7, 11) is 0. The van der Waals surface area contributed by atoms with E-state index in [0.29, 0.717) is 22.0 Å². The highest BCUT2D eigenvalue weighted by molar-refractivity contribution is 6.30. The van der Waals surface area contributed by atoms with Crippen LogP contribution in [0.1, 0.15) is 18.6 Å². The Morgan fingerprint density at radius 2 is 2.05 bits per heavy atom. The number of benzene rings is 2. The third-order valence-electron chi connectivity index (χ3n) is 2.84. The van der Waals surface area contributed by atoms with Crippen LogP contribution >= 0.6 is 11.6 Å². The fraction of sp³-hybridized carbons (Fsp3) is 0.188. The highest BCUT2D eigenvalue weighted by Crippen LogP contribution is 2.24. The highest BCUT2D eigenvalue weighted by Gasteiger charge is 2.10. The standard InChI is InChI=1S/C16H16ClNO3/c1-11(19)14-7-2-3-8-15(14)21-10-16(20)18-13-6-4-5-12(17)9-13/h2-9,11,19H,10H2,1H3,(H,18,20)/t11-/m1/s1. The summed E-state index contributed by atoms with van der Waals surface area (Å²) in [6.07, 6.45) is -0.655. The molecule has 4 nitrogen and oxygen atoms in total. The normalized spacial score (nSPS) is 11.8. The molecule has 2 rings (SSSR count). The van der Waals surface area contributed by atoms with Gasteiger partial charge in [0.05, 0.1) is 6.10 Å². The number of carbonyl (C=O) groups excluding carboxylic acids is 1. The number of ether oxygens (including phenoxy) is 1. The number of para-hydroxylation sites is 1. The predicted molar refractivity (Wildman–Crippen MR) is 82.7 cm³/mol. The Hall–Kier alpha value is -2.04. The smallest absolute Gasteiger partial charge is 0.262 e. The molecule has 2 aromatic carbocycles. The molecule has 0 radical (unpaired) electrons. The van der Waals surface area contributed by atoms with E-state index in [9.17, 15) is 9.90 Å². The van der Waals surface area contributed by atoms with Crippen LogP contribution in [-0.4, -0.2) is 17.6 Å². The van der Waals surface area contributed by atoms with Gasteiger partial charge in [-0.25, -0.2) is 0 Å². The number of hydrogen-bond acceptors (Lipinski definition) is 3. The van der Waals surface area contributed by atoms with Crippen LogP contribution < -0.4 is 10.1 Å². The Kier molecular flexibility index (Phi) is 5.20. The Labute approximate surface area is 128 Å². The van der Waals surface area contributed by atoms with Gasteiger partial charge in [0.15, 0.2) is 6.61 Å². The quantitative estimate of drug-likeness (QED) is 0.890. The maximum Gasteiger partial charge on any atom is 0.262 e. The zero-order valence-corrected chi connectivity index (χ0v) is 12.3. The van der Waals surface area contributed by atoms with Crippen molar-refractivity contribution in [2.45, 2.75) is 13.0 Å². The fourth-order valence-corrected chi connectivity index (χ4v) is 2.05. The summed E-state index contributed by atoms with van der Waals surface area (Å²) in [6.45, 7) is 1.50. The molecule has 1 atom stereocenters. The summed E-state index contributed by atoms with van der Waals surface area (Å²) in [5, 5.41) is 12.9. The van der Waals surface area contributed by atoms with Gasteiger partial charge in [0, 0.05) is 16.3 Å². The minimum absolute atomic E-state index is 0.143. The molecule has 0 aliphatic heterocycles. The number of rotatable bonds is 5. The number of carbonyl (C=O) groups is 1. The number of aliphatic hydroxyl groups is 1. The zero-order valence-electron chi connectivity index (χ0n) is 11.5. The van der Waals surface area contributed by atoms with Gasteiger partial charge in [0.2, 0.25) is 0 Å². The van der Waals surface area contributed by atoms with Crippen LogP contribution in [0.5, 0.6) is 5.75 Å². The molecule has 0 unspecified atom stereocenters. The van der Waals surface area contributed by atoms with E-state index in [1.165, 1.54) is 0 Å². The first-order valence-electron chi connectivity index (χ1n) is 6.51. The van der Waals surface area contributed by atoms with Crippen LogP contribution in [0, 0.1) is 0 Å². The summed E-state index contributed by atoms with van der Waals surface area (Å²) >= 11 is 5.85. The van der Waals surface area contributed by atoms with Crippen LogP contribution in [0.2, 0.25) is 5.02 Å². The summed E-state index contributed by atoms with van der Waals surface area (Å²) in [5.74, 6) is 0.200. The predicted octanol–water partition coefficient (Wildman–Crippen LogP) is 3.41. The Morgan fingerprint density at radius 1 is 1.29 bits per heavy atom. The minimum Gasteiger partial charge on any atom is -0.483 e. The van der Waals surface area contributed by atoms with Crippen molar-refractivity contribution in [2.24, 2.45) is 0 Å². The molecular formula is C16H16ClNO3. The van der Waals surface area contributed by atoms with E-state index in [1.807, 2.05) is 0 Å². The van der Waals surface area contributed by atoms with Gasteiger partial charge in [-0.3, -0.25) is 4.79 Å². The lowest BCUT2D eigenvalue weighted by molar-refractivity contribution is -0.118. The first kappa shape index (κ1) is 15.4. The van der Waals surface area contributed by atoms with Crippen LogP contribution in [0.15, 0.2) is 48.5 Å². The minimum atomic E-state index is -0.655. The van der Waals surface area contributed by atoms with Gasteiger partial charge < -0.3 is 15.2 Å². The lowest BCUT2D eigenvalue weighted by Crippen LogP contribution is -2.20. The highest BCUT2D eigenvalue weighted by atomic mass is 35.5. The van der Waals surface area contributed by atoms with Crippen LogP contribution in [0.3, 0.4) is 0 Å². The molecule has 5 heteroatoms. The summed E-state index contributed by atoms with van der Waals surface area (Å²) in [5.41, 5.74) is 1.26. The molecule has 110 valence electrons. The first-order valence-corrected chi connectivity index (χ1v) is 6.89. The number of aliphatic hydroxyl groups excluding tert-OH is 1. The zero-order chi connectivity index (χ0) is 15.2. The third kappa shape index (κ3) is 4.48. The number of hydrogen-bond donors (Lipinski definition) is 2. The van der Waals surface area contributed by atoms with Crippen molar-refractivity contribution in [3.8, 4) is 5.75 Å². The molecule has 0 heterocycles. The molecule has 0 aliphatic carbocycles. The van der Waals surface area contributed by atoms with E-state index in [0.717, 1.165) is 0 Å². The van der Waals surface area contributed by atoms with E-state index in [2.05, 4.69) is 5.32 Å². The largest absolute Gasteiger partial charge is 0.483 e. The van der Waals surface area contributed by atoms with Crippen LogP contribution in [0.25, 0.3) is 0 Å². The Balaban J connectivity index is 1.95. The second-order valence-electron chi connectivity index (χ2n) is 4.56. The van der Waals surface area contributed by atoms with Gasteiger partial charge in [-0.15, -0.1) is 0 Å². The van der Waals surface area contributed by atoms with E-state index in [4.69, 9.17) is 16.3 Å². The van der Waals surface area contributed by atoms with Crippen molar-refractivity contribution in [1.82, 2.24) is 0 Å². The molecule has 0 saturated carbocycles. The number of halogens is 1. The van der Waals surface area contributed by atoms with E-state index < -0.39 is 6.10 Å². The molecule has 2 aromatic rings. The number of nitrogens with one attached hydrogen (secondary N) is 1. The van der Waals surface area contributed by atoms with Crippen molar-refractivity contribution in [2.75, 3.05) is 11.9 Å². The van der Waals surface area contributed by atoms with E-state index in [-0.39, 0.29) is 12.5 Å². The Bertz CT molecular complexity index is 628. The van der Waals surface area contributed by atoms with Gasteiger partial charge in [-0.1, -0.05) is 35.9 Å². The lowest BCUT2D eigenvalue weighted by Gasteiger charge is -2.13. The average Bonchev–Trinajstić information content (AvgIpc) is 2.45. The molecule has 0 aromatic heterocycles. The third-order valence-corrected chi connectivity index (χ3v) is 3.07. The van der Waals surface area contributed by atoms with Crippen LogP contribution in [-0.2, 0) is 4.79 Å². The summed E-state index contributed by atoms with van der Waals surface area (Å²) in [4.78, 5) is 11.8. The maximum absolute atomic E-state index is 11.8. The first-order chi connectivity index (χ1) is 10.1. The second kappa shape index (κ2) is 7.11. The van der Waals surface area contributed by atoms with Gasteiger partial charge >= 0.3 is 0 Å². The second-order valence-corrected chi connectivity index (χ2v) is 5.00. The maximum atomic E-state index is 11.8. The molecule has 0 fully saturated rings. The monoisotopic (exact) mass is 305 g/mol. The summed E-state index contributed by atoms with van der Waals surface area (Å²) in [6, 6.07) is 13.9. The van der Waals surface area contributed by atoms with Gasteiger partial charge in [0.1, 0.15) is 5.75 Å². The molecule has 0 spiro atoms. The van der Waals surface area contributed by atoms with Crippen LogP contribution in [0.4, 0.5) is 5.69 Å². The summed E-state index contributed by atoms with van der Waals surface area (Å²) < 4.78 is 5.46. The average molecular weight is 306 g/mol. The molecule has 0 saturated heterocycles. The van der Waals surface area contributed by atoms with Crippen molar-refractivity contribution in [1.29, 1.82) is 0 Å². The fourth-order valence-electron chi connectivity index (χ4n) is 1.86. The van der Waals surface area contributed by atoms with Crippen molar-refractivity contribution < 1.29 is 14.6 Å². The molecule has 21 heavy (non-hydrogen) atoms. The van der Waals surface area contributed by atoms with E-state index >= 15 is 0 Å². The molecule has 0 aliphatic rings. The molecular weight excluding hydrogens is 290 g/mol.